The first-order valence-corrected chi connectivity index (χ1v) is 10.4. The number of aliphatic imine (C=N–C) groups is 1. The Morgan fingerprint density at radius 2 is 1.48 bits per heavy atom. The highest BCUT2D eigenvalue weighted by Crippen LogP contribution is 2.41. The second kappa shape index (κ2) is 9.15. The maximum atomic E-state index is 13.5. The Balaban J connectivity index is 1.55. The van der Waals surface area contributed by atoms with Crippen LogP contribution in [0.4, 0.5) is 22.0 Å². The van der Waals surface area contributed by atoms with E-state index in [9.17, 15) is 22.0 Å². The summed E-state index contributed by atoms with van der Waals surface area (Å²) in [5, 5.41) is 0.392. The zero-order valence-corrected chi connectivity index (χ0v) is 18.1. The van der Waals surface area contributed by atoms with Crippen LogP contribution in [0.25, 0.3) is 11.1 Å². The summed E-state index contributed by atoms with van der Waals surface area (Å²) in [4.78, 5) is 3.80. The minimum Gasteiger partial charge on any atom is -0.489 e. The standard InChI is InChI=1S/C24H14Cl2F5NO/c25-17-2-1-3-18(26)22(17)23-15(11-21(32-23)24(29,30)31)12-33-16-7-4-13(5-8-16)14-6-9-19(27)20(28)10-14/h1-11,23H,12H2. The van der Waals surface area contributed by atoms with Crippen LogP contribution in [0, 0.1) is 11.6 Å². The monoisotopic (exact) mass is 497 g/mol. The fourth-order valence-corrected chi connectivity index (χ4v) is 4.00. The molecule has 3 aromatic carbocycles. The third-order valence-corrected chi connectivity index (χ3v) is 5.68. The number of hydrogen-bond acceptors (Lipinski definition) is 2. The van der Waals surface area contributed by atoms with Crippen LogP contribution in [-0.2, 0) is 0 Å². The van der Waals surface area contributed by atoms with Crippen LogP contribution in [0.3, 0.4) is 0 Å². The second-order valence-corrected chi connectivity index (χ2v) is 8.03. The molecule has 1 aliphatic rings. The molecule has 0 saturated heterocycles. The molecular formula is C24H14Cl2F5NO. The van der Waals surface area contributed by atoms with Gasteiger partial charge in [0.2, 0.25) is 0 Å². The van der Waals surface area contributed by atoms with Gasteiger partial charge in [0.05, 0.1) is 0 Å². The molecule has 0 spiro atoms. The van der Waals surface area contributed by atoms with Gasteiger partial charge in [-0.25, -0.2) is 8.78 Å². The average molecular weight is 498 g/mol. The zero-order chi connectivity index (χ0) is 23.8. The molecule has 0 fully saturated rings. The molecule has 0 amide bonds. The molecule has 0 saturated carbocycles. The summed E-state index contributed by atoms with van der Waals surface area (Å²) in [6.45, 7) is -0.195. The highest BCUT2D eigenvalue weighted by molar-refractivity contribution is 6.36. The first-order valence-electron chi connectivity index (χ1n) is 9.61. The predicted octanol–water partition coefficient (Wildman–Crippen LogP) is 8.00. The molecule has 0 bridgehead atoms. The molecule has 2 nitrogen and oxygen atoms in total. The van der Waals surface area contributed by atoms with Gasteiger partial charge in [0, 0.05) is 15.6 Å². The molecule has 0 N–H and O–H groups in total. The van der Waals surface area contributed by atoms with Crippen molar-refractivity contribution in [1.82, 2.24) is 0 Å². The molecule has 1 aliphatic heterocycles. The maximum Gasteiger partial charge on any atom is 0.432 e. The highest BCUT2D eigenvalue weighted by Gasteiger charge is 2.40. The minimum absolute atomic E-state index is 0.195. The molecule has 0 aliphatic carbocycles. The average Bonchev–Trinajstić information content (AvgIpc) is 3.19. The van der Waals surface area contributed by atoms with E-state index in [4.69, 9.17) is 27.9 Å². The second-order valence-electron chi connectivity index (χ2n) is 7.21. The Bertz CT molecular complexity index is 1230. The van der Waals surface area contributed by atoms with E-state index in [2.05, 4.69) is 4.99 Å². The van der Waals surface area contributed by atoms with E-state index in [-0.39, 0.29) is 27.8 Å². The summed E-state index contributed by atoms with van der Waals surface area (Å²) in [7, 11) is 0. The van der Waals surface area contributed by atoms with E-state index in [1.807, 2.05) is 0 Å². The number of alkyl halides is 3. The van der Waals surface area contributed by atoms with Gasteiger partial charge in [-0.05, 0) is 59.2 Å². The Morgan fingerprint density at radius 1 is 0.848 bits per heavy atom. The van der Waals surface area contributed by atoms with Crippen molar-refractivity contribution in [3.8, 4) is 16.9 Å². The van der Waals surface area contributed by atoms with Crippen molar-refractivity contribution in [2.45, 2.75) is 12.2 Å². The van der Waals surface area contributed by atoms with Crippen molar-refractivity contribution in [2.24, 2.45) is 4.99 Å². The Hall–Kier alpha value is -2.90. The van der Waals surface area contributed by atoms with Crippen LogP contribution in [0.5, 0.6) is 5.75 Å². The van der Waals surface area contributed by atoms with Gasteiger partial charge in [-0.15, -0.1) is 0 Å². The quantitative estimate of drug-likeness (QED) is 0.327. The molecule has 3 aromatic rings. The Morgan fingerprint density at radius 3 is 2.09 bits per heavy atom. The van der Waals surface area contributed by atoms with Gasteiger partial charge in [0.25, 0.3) is 0 Å². The summed E-state index contributed by atoms with van der Waals surface area (Å²) in [5.41, 5.74) is 0.543. The summed E-state index contributed by atoms with van der Waals surface area (Å²) < 4.78 is 72.2. The zero-order valence-electron chi connectivity index (χ0n) is 16.6. The van der Waals surface area contributed by atoms with Gasteiger partial charge in [-0.1, -0.05) is 47.5 Å². The van der Waals surface area contributed by atoms with Crippen molar-refractivity contribution in [3.63, 3.8) is 0 Å². The van der Waals surface area contributed by atoms with Gasteiger partial charge in [-0.3, -0.25) is 4.99 Å². The molecule has 170 valence electrons. The molecule has 0 aromatic heterocycles. The fourth-order valence-electron chi connectivity index (χ4n) is 3.40. The summed E-state index contributed by atoms with van der Waals surface area (Å²) in [6.07, 6.45) is -3.71. The Labute approximate surface area is 195 Å². The van der Waals surface area contributed by atoms with Gasteiger partial charge in [0.15, 0.2) is 11.6 Å². The van der Waals surface area contributed by atoms with Crippen molar-refractivity contribution in [2.75, 3.05) is 6.61 Å². The van der Waals surface area contributed by atoms with Crippen molar-refractivity contribution < 1.29 is 26.7 Å². The van der Waals surface area contributed by atoms with E-state index >= 15 is 0 Å². The predicted molar refractivity (Wildman–Crippen MR) is 118 cm³/mol. The maximum absolute atomic E-state index is 13.5. The van der Waals surface area contributed by atoms with Gasteiger partial charge >= 0.3 is 6.18 Å². The van der Waals surface area contributed by atoms with Crippen molar-refractivity contribution in [1.29, 1.82) is 0 Å². The summed E-state index contributed by atoms with van der Waals surface area (Å²) in [6, 6.07) is 13.6. The van der Waals surface area contributed by atoms with Gasteiger partial charge in [0.1, 0.15) is 24.1 Å². The van der Waals surface area contributed by atoms with Crippen molar-refractivity contribution in [3.05, 3.63) is 99.6 Å². The van der Waals surface area contributed by atoms with E-state index in [1.54, 1.807) is 30.3 Å². The summed E-state index contributed by atoms with van der Waals surface area (Å²) in [5.74, 6) is -1.55. The lowest BCUT2D eigenvalue weighted by Crippen LogP contribution is -2.19. The molecular weight excluding hydrogens is 484 g/mol. The topological polar surface area (TPSA) is 21.6 Å². The smallest absolute Gasteiger partial charge is 0.432 e. The van der Waals surface area contributed by atoms with Crippen LogP contribution in [0.1, 0.15) is 11.6 Å². The van der Waals surface area contributed by atoms with Crippen LogP contribution in [-0.4, -0.2) is 18.5 Å². The number of nitrogens with zero attached hydrogens (tertiary/aromatic N) is 1. The lowest BCUT2D eigenvalue weighted by atomic mass is 10.0. The third kappa shape index (κ3) is 5.04. The highest BCUT2D eigenvalue weighted by atomic mass is 35.5. The normalized spacial score (nSPS) is 15.9. The number of allylic oxidation sites excluding steroid dienone is 1. The van der Waals surface area contributed by atoms with Crippen LogP contribution >= 0.6 is 23.2 Å². The summed E-state index contributed by atoms with van der Waals surface area (Å²) >= 11 is 12.4. The first kappa shape index (κ1) is 23.3. The van der Waals surface area contributed by atoms with Crippen molar-refractivity contribution >= 4 is 28.9 Å². The SMILES string of the molecule is Fc1ccc(-c2ccc(OCC3=CC(C(F)(F)F)=NC3c3c(Cl)cccc3Cl)cc2)cc1F. The lowest BCUT2D eigenvalue weighted by Gasteiger charge is -2.17. The van der Waals surface area contributed by atoms with Gasteiger partial charge < -0.3 is 4.74 Å². The van der Waals surface area contributed by atoms with E-state index in [1.165, 1.54) is 18.2 Å². The number of halogens is 7. The van der Waals surface area contributed by atoms with Crippen LogP contribution in [0.15, 0.2) is 77.3 Å². The van der Waals surface area contributed by atoms with E-state index in [0.29, 0.717) is 16.9 Å². The van der Waals surface area contributed by atoms with E-state index in [0.717, 1.165) is 18.2 Å². The molecule has 1 unspecified atom stereocenters. The molecule has 9 heteroatoms. The van der Waals surface area contributed by atoms with Crippen LogP contribution < -0.4 is 4.74 Å². The number of hydrogen-bond donors (Lipinski definition) is 0. The number of benzene rings is 3. The third-order valence-electron chi connectivity index (χ3n) is 5.02. The fraction of sp³-hybridized carbons (Fsp3) is 0.125. The van der Waals surface area contributed by atoms with Crippen LogP contribution in [0.2, 0.25) is 10.0 Å². The minimum atomic E-state index is -4.64. The number of ether oxygens (including phenoxy) is 1. The van der Waals surface area contributed by atoms with E-state index < -0.39 is 29.6 Å². The molecule has 1 heterocycles. The first-order chi connectivity index (χ1) is 15.6. The molecule has 0 radical (unpaired) electrons. The molecule has 33 heavy (non-hydrogen) atoms. The largest absolute Gasteiger partial charge is 0.489 e. The number of rotatable bonds is 5. The molecule has 1 atom stereocenters. The molecule has 4 rings (SSSR count). The van der Waals surface area contributed by atoms with Gasteiger partial charge in [-0.2, -0.15) is 13.2 Å². The Kier molecular flexibility index (Phi) is 6.45. The lowest BCUT2D eigenvalue weighted by molar-refractivity contribution is -0.0577.